The van der Waals surface area contributed by atoms with Crippen LogP contribution in [0.15, 0.2) is 23.4 Å². The zero-order valence-electron chi connectivity index (χ0n) is 14.4. The summed E-state index contributed by atoms with van der Waals surface area (Å²) in [6, 6.07) is 4.60. The number of carbonyl (C=O) groups is 1. The Kier molecular flexibility index (Phi) is 4.71. The molecule has 130 valence electrons. The summed E-state index contributed by atoms with van der Waals surface area (Å²) in [5, 5.41) is 7.53. The van der Waals surface area contributed by atoms with Crippen LogP contribution < -0.4 is 5.32 Å². The van der Waals surface area contributed by atoms with Crippen LogP contribution in [0, 0.1) is 33.5 Å². The maximum atomic E-state index is 13.5. The number of carbonyl (C=O) groups excluding carboxylic acids is 1. The molecule has 0 radical (unpaired) electrons. The third-order valence-electron chi connectivity index (χ3n) is 4.03. The maximum Gasteiger partial charge on any atom is 0.253 e. The van der Waals surface area contributed by atoms with Crippen LogP contribution in [-0.2, 0) is 4.79 Å². The van der Waals surface area contributed by atoms with E-state index in [1.807, 2.05) is 20.8 Å². The topological polar surface area (TPSA) is 72.2 Å². The number of nitrogens with one attached hydrogen (secondary N) is 1. The normalized spacial score (nSPS) is 11.1. The number of halogens is 1. The molecule has 1 N–H and O–H groups in total. The standard InChI is InChI=1S/C17H18FN5OS/c1-9-5-6-13(7-14(9)18)20-15(24)8-25-17-21-16-19-11(3)10(2)12(4)23(16)22-17/h5-7H,8H2,1-4H3,(H,20,24). The third kappa shape index (κ3) is 3.63. The first-order chi connectivity index (χ1) is 11.8. The first-order valence-corrected chi connectivity index (χ1v) is 8.73. The van der Waals surface area contributed by atoms with Gasteiger partial charge in [-0.1, -0.05) is 17.8 Å². The van der Waals surface area contributed by atoms with Crippen molar-refractivity contribution in [3.8, 4) is 0 Å². The number of benzene rings is 1. The Bertz CT molecular complexity index is 969. The van der Waals surface area contributed by atoms with Crippen LogP contribution in [0.3, 0.4) is 0 Å². The molecular formula is C17H18FN5OS. The molecule has 1 amide bonds. The molecule has 3 aromatic rings. The highest BCUT2D eigenvalue weighted by atomic mass is 32.2. The molecule has 0 bridgehead atoms. The Hall–Kier alpha value is -2.48. The van der Waals surface area contributed by atoms with E-state index >= 15 is 0 Å². The minimum absolute atomic E-state index is 0.128. The van der Waals surface area contributed by atoms with Crippen molar-refractivity contribution in [1.29, 1.82) is 0 Å². The Morgan fingerprint density at radius 2 is 2.00 bits per heavy atom. The summed E-state index contributed by atoms with van der Waals surface area (Å²) in [6.07, 6.45) is 0. The van der Waals surface area contributed by atoms with Gasteiger partial charge in [-0.25, -0.2) is 13.9 Å². The van der Waals surface area contributed by atoms with Crippen molar-refractivity contribution in [3.05, 3.63) is 46.5 Å². The van der Waals surface area contributed by atoms with Crippen LogP contribution in [0.4, 0.5) is 10.1 Å². The van der Waals surface area contributed by atoms with Gasteiger partial charge in [0.15, 0.2) is 0 Å². The van der Waals surface area contributed by atoms with Gasteiger partial charge in [0.2, 0.25) is 11.1 Å². The summed E-state index contributed by atoms with van der Waals surface area (Å²) < 4.78 is 15.2. The maximum absolute atomic E-state index is 13.5. The number of aryl methyl sites for hydroxylation is 3. The quantitative estimate of drug-likeness (QED) is 0.724. The first-order valence-electron chi connectivity index (χ1n) is 7.74. The summed E-state index contributed by atoms with van der Waals surface area (Å²) in [5.74, 6) is 0.0525. The van der Waals surface area contributed by atoms with Crippen molar-refractivity contribution < 1.29 is 9.18 Å². The number of fused-ring (bicyclic) bond motifs is 1. The van der Waals surface area contributed by atoms with E-state index in [1.54, 1.807) is 23.6 Å². The Labute approximate surface area is 148 Å². The van der Waals surface area contributed by atoms with Crippen LogP contribution in [0.25, 0.3) is 5.78 Å². The summed E-state index contributed by atoms with van der Waals surface area (Å²) in [4.78, 5) is 20.8. The summed E-state index contributed by atoms with van der Waals surface area (Å²) in [6.45, 7) is 7.54. The Balaban J connectivity index is 1.68. The largest absolute Gasteiger partial charge is 0.325 e. The van der Waals surface area contributed by atoms with Crippen LogP contribution >= 0.6 is 11.8 Å². The highest BCUT2D eigenvalue weighted by Crippen LogP contribution is 2.18. The molecule has 0 saturated heterocycles. The molecule has 0 atom stereocenters. The molecule has 0 saturated carbocycles. The highest BCUT2D eigenvalue weighted by Gasteiger charge is 2.13. The van der Waals surface area contributed by atoms with Gasteiger partial charge in [0.1, 0.15) is 5.82 Å². The van der Waals surface area contributed by atoms with E-state index in [4.69, 9.17) is 0 Å². The fourth-order valence-electron chi connectivity index (χ4n) is 2.30. The fraction of sp³-hybridized carbons (Fsp3) is 0.294. The van der Waals surface area contributed by atoms with Crippen molar-refractivity contribution >= 4 is 29.1 Å². The van der Waals surface area contributed by atoms with Gasteiger partial charge in [-0.3, -0.25) is 4.79 Å². The van der Waals surface area contributed by atoms with Crippen LogP contribution in [0.1, 0.15) is 22.5 Å². The predicted molar refractivity (Wildman–Crippen MR) is 95.5 cm³/mol. The van der Waals surface area contributed by atoms with Crippen molar-refractivity contribution in [2.75, 3.05) is 11.1 Å². The molecule has 0 fully saturated rings. The fourth-order valence-corrected chi connectivity index (χ4v) is 2.91. The van der Waals surface area contributed by atoms with Crippen LogP contribution in [0.5, 0.6) is 0 Å². The molecule has 6 nitrogen and oxygen atoms in total. The van der Waals surface area contributed by atoms with Crippen molar-refractivity contribution in [3.63, 3.8) is 0 Å². The van der Waals surface area contributed by atoms with E-state index in [0.717, 1.165) is 17.0 Å². The lowest BCUT2D eigenvalue weighted by Crippen LogP contribution is -2.14. The van der Waals surface area contributed by atoms with Crippen molar-refractivity contribution in [2.24, 2.45) is 0 Å². The highest BCUT2D eigenvalue weighted by molar-refractivity contribution is 7.99. The SMILES string of the molecule is Cc1ccc(NC(=O)CSc2nc3nc(C)c(C)c(C)n3n2)cc1F. The van der Waals surface area contributed by atoms with E-state index < -0.39 is 0 Å². The second-order valence-electron chi connectivity index (χ2n) is 5.81. The number of anilines is 1. The van der Waals surface area contributed by atoms with Crippen LogP contribution in [-0.4, -0.2) is 31.2 Å². The van der Waals surface area contributed by atoms with Gasteiger partial charge in [0.25, 0.3) is 5.78 Å². The minimum Gasteiger partial charge on any atom is -0.325 e. The van der Waals surface area contributed by atoms with Gasteiger partial charge in [-0.2, -0.15) is 4.98 Å². The molecule has 0 aliphatic carbocycles. The molecule has 25 heavy (non-hydrogen) atoms. The molecule has 3 rings (SSSR count). The zero-order chi connectivity index (χ0) is 18.1. The monoisotopic (exact) mass is 359 g/mol. The molecule has 0 unspecified atom stereocenters. The molecule has 1 aromatic carbocycles. The summed E-state index contributed by atoms with van der Waals surface area (Å²) in [7, 11) is 0. The first kappa shape index (κ1) is 17.3. The number of thioether (sulfide) groups is 1. The summed E-state index contributed by atoms with van der Waals surface area (Å²) >= 11 is 1.21. The zero-order valence-corrected chi connectivity index (χ0v) is 15.2. The number of amides is 1. The molecule has 2 aromatic heterocycles. The lowest BCUT2D eigenvalue weighted by molar-refractivity contribution is -0.113. The van der Waals surface area contributed by atoms with Crippen molar-refractivity contribution in [1.82, 2.24) is 19.6 Å². The van der Waals surface area contributed by atoms with Crippen LogP contribution in [0.2, 0.25) is 0 Å². The van der Waals surface area contributed by atoms with Crippen molar-refractivity contribution in [2.45, 2.75) is 32.9 Å². The van der Waals surface area contributed by atoms with Gasteiger partial charge in [0, 0.05) is 17.1 Å². The molecule has 8 heteroatoms. The smallest absolute Gasteiger partial charge is 0.253 e. The van der Waals surface area contributed by atoms with Gasteiger partial charge in [-0.05, 0) is 51.0 Å². The number of nitrogens with zero attached hydrogens (tertiary/aromatic N) is 4. The lowest BCUT2D eigenvalue weighted by atomic mass is 10.2. The molecular weight excluding hydrogens is 341 g/mol. The predicted octanol–water partition coefficient (Wildman–Crippen LogP) is 3.23. The van der Waals surface area contributed by atoms with E-state index in [2.05, 4.69) is 20.4 Å². The summed E-state index contributed by atoms with van der Waals surface area (Å²) in [5.41, 5.74) is 3.91. The lowest BCUT2D eigenvalue weighted by Gasteiger charge is -2.05. The number of hydrogen-bond acceptors (Lipinski definition) is 5. The van der Waals surface area contributed by atoms with E-state index in [1.165, 1.54) is 17.8 Å². The van der Waals surface area contributed by atoms with E-state index in [9.17, 15) is 9.18 Å². The van der Waals surface area contributed by atoms with Gasteiger partial charge >= 0.3 is 0 Å². The van der Waals surface area contributed by atoms with E-state index in [0.29, 0.717) is 22.2 Å². The van der Waals surface area contributed by atoms with E-state index in [-0.39, 0.29) is 17.5 Å². The average molecular weight is 359 g/mol. The second-order valence-corrected chi connectivity index (χ2v) is 6.76. The van der Waals surface area contributed by atoms with Gasteiger partial charge < -0.3 is 5.32 Å². The van der Waals surface area contributed by atoms with Gasteiger partial charge in [0.05, 0.1) is 5.75 Å². The molecule has 2 heterocycles. The number of rotatable bonds is 4. The van der Waals surface area contributed by atoms with Gasteiger partial charge in [-0.15, -0.1) is 5.10 Å². The Morgan fingerprint density at radius 3 is 2.72 bits per heavy atom. The minimum atomic E-state index is -0.347. The molecule has 0 aliphatic rings. The Morgan fingerprint density at radius 1 is 1.24 bits per heavy atom. The molecule has 0 spiro atoms. The average Bonchev–Trinajstić information content (AvgIpc) is 2.97. The number of hydrogen-bond donors (Lipinski definition) is 1. The second kappa shape index (κ2) is 6.79. The third-order valence-corrected chi connectivity index (χ3v) is 4.87. The number of aromatic nitrogens is 4. The molecule has 0 aliphatic heterocycles.